The second-order valence-corrected chi connectivity index (χ2v) is 8.06. The molecule has 6 nitrogen and oxygen atoms in total. The van der Waals surface area contributed by atoms with Gasteiger partial charge in [0.05, 0.1) is 24.2 Å². The third-order valence-electron chi connectivity index (χ3n) is 6.11. The molecule has 2 aliphatic rings. The maximum Gasteiger partial charge on any atom is 0.161 e. The molecular weight excluding hydrogens is 421 g/mol. The van der Waals surface area contributed by atoms with Crippen LogP contribution < -0.4 is 15.2 Å². The van der Waals surface area contributed by atoms with E-state index in [0.717, 1.165) is 24.1 Å². The predicted molar refractivity (Wildman–Crippen MR) is 122 cm³/mol. The Labute approximate surface area is 192 Å². The lowest BCUT2D eigenvalue weighted by molar-refractivity contribution is -0.116. The van der Waals surface area contributed by atoms with Gasteiger partial charge in [-0.15, -0.1) is 0 Å². The Morgan fingerprint density at radius 1 is 1.18 bits per heavy atom. The molecule has 1 aliphatic heterocycles. The normalized spacial score (nSPS) is 18.2. The first-order valence-electron chi connectivity index (χ1n) is 11.0. The zero-order chi connectivity index (χ0) is 23.5. The highest BCUT2D eigenvalue weighted by Crippen LogP contribution is 2.45. The van der Waals surface area contributed by atoms with Crippen molar-refractivity contribution in [2.24, 2.45) is 5.73 Å². The number of nitriles is 1. The van der Waals surface area contributed by atoms with Gasteiger partial charge in [0.2, 0.25) is 0 Å². The zero-order valence-corrected chi connectivity index (χ0v) is 18.7. The first-order valence-corrected chi connectivity index (χ1v) is 11.0. The maximum atomic E-state index is 14.0. The molecule has 0 spiro atoms. The molecule has 1 aliphatic carbocycles. The van der Waals surface area contributed by atoms with E-state index in [1.807, 2.05) is 13.0 Å². The summed E-state index contributed by atoms with van der Waals surface area (Å²) < 4.78 is 25.7. The quantitative estimate of drug-likeness (QED) is 0.700. The molecule has 2 aromatic rings. The standard InChI is InChI=1S/C26H26FN3O3/c1-3-32-23-13-16(11-12-22(23)33-15-17-7-4-5-8-19(17)27)24-18(14-28)26(29)30(2)20-9-6-10-21(31)25(20)24/h4-5,7-8,11-13,24H,3,6,9-10,15,29H2,1-2H3/t24-/m0/s1. The number of benzene rings is 2. The summed E-state index contributed by atoms with van der Waals surface area (Å²) in [6.07, 6.45) is 1.94. The van der Waals surface area contributed by atoms with Crippen LogP contribution in [0.15, 0.2) is 65.1 Å². The van der Waals surface area contributed by atoms with Crippen LogP contribution >= 0.6 is 0 Å². The summed E-state index contributed by atoms with van der Waals surface area (Å²) in [5, 5.41) is 9.91. The van der Waals surface area contributed by atoms with Crippen molar-refractivity contribution in [2.45, 2.75) is 38.7 Å². The lowest BCUT2D eigenvalue weighted by Crippen LogP contribution is -2.36. The fourth-order valence-corrected chi connectivity index (χ4v) is 4.46. The molecule has 1 heterocycles. The molecule has 33 heavy (non-hydrogen) atoms. The average molecular weight is 448 g/mol. The molecule has 0 bridgehead atoms. The van der Waals surface area contributed by atoms with Crippen LogP contribution in [0.4, 0.5) is 4.39 Å². The van der Waals surface area contributed by atoms with Crippen LogP contribution in [0.25, 0.3) is 0 Å². The van der Waals surface area contributed by atoms with E-state index >= 15 is 0 Å². The Morgan fingerprint density at radius 3 is 2.70 bits per heavy atom. The summed E-state index contributed by atoms with van der Waals surface area (Å²) in [6.45, 7) is 2.29. The molecular formula is C26H26FN3O3. The number of carbonyl (C=O) groups is 1. The summed E-state index contributed by atoms with van der Waals surface area (Å²) in [5.41, 5.74) is 9.31. The zero-order valence-electron chi connectivity index (χ0n) is 18.7. The van der Waals surface area contributed by atoms with Crippen molar-refractivity contribution in [1.29, 1.82) is 5.26 Å². The Balaban J connectivity index is 1.74. The summed E-state index contributed by atoms with van der Waals surface area (Å²) in [5.74, 6) is 0.407. The van der Waals surface area contributed by atoms with Crippen LogP contribution in [-0.2, 0) is 11.4 Å². The van der Waals surface area contributed by atoms with Crippen molar-refractivity contribution in [3.63, 3.8) is 0 Å². The van der Waals surface area contributed by atoms with Gasteiger partial charge >= 0.3 is 0 Å². The van der Waals surface area contributed by atoms with Crippen LogP contribution in [0, 0.1) is 17.1 Å². The van der Waals surface area contributed by atoms with Gasteiger partial charge < -0.3 is 20.1 Å². The molecule has 0 saturated carbocycles. The number of allylic oxidation sites excluding steroid dienone is 3. The highest BCUT2D eigenvalue weighted by molar-refractivity contribution is 5.99. The minimum absolute atomic E-state index is 0.0335. The highest BCUT2D eigenvalue weighted by Gasteiger charge is 2.38. The number of halogens is 1. The first kappa shape index (κ1) is 22.4. The fraction of sp³-hybridized carbons (Fsp3) is 0.308. The molecule has 7 heteroatoms. The van der Waals surface area contributed by atoms with E-state index in [1.165, 1.54) is 6.07 Å². The van der Waals surface area contributed by atoms with Gasteiger partial charge in [-0.2, -0.15) is 5.26 Å². The topological polar surface area (TPSA) is 88.6 Å². The van der Waals surface area contributed by atoms with Gasteiger partial charge in [-0.1, -0.05) is 24.3 Å². The fourth-order valence-electron chi connectivity index (χ4n) is 4.46. The number of carbonyl (C=O) groups excluding carboxylic acids is 1. The van der Waals surface area contributed by atoms with Crippen LogP contribution in [0.5, 0.6) is 11.5 Å². The van der Waals surface area contributed by atoms with E-state index in [2.05, 4.69) is 6.07 Å². The van der Waals surface area contributed by atoms with Gasteiger partial charge in [0, 0.05) is 30.3 Å². The molecule has 0 radical (unpaired) electrons. The van der Waals surface area contributed by atoms with Crippen LogP contribution in [0.2, 0.25) is 0 Å². The number of Topliss-reactive ketones (excluding diaryl/α,β-unsaturated/α-hetero) is 1. The van der Waals surface area contributed by atoms with Gasteiger partial charge in [-0.05, 0) is 43.5 Å². The van der Waals surface area contributed by atoms with E-state index in [-0.39, 0.29) is 18.2 Å². The Kier molecular flexibility index (Phi) is 6.36. The minimum atomic E-state index is -0.561. The Bertz CT molecular complexity index is 1200. The second kappa shape index (κ2) is 9.37. The molecule has 4 rings (SSSR count). The monoisotopic (exact) mass is 447 g/mol. The van der Waals surface area contributed by atoms with Crippen molar-refractivity contribution in [1.82, 2.24) is 4.90 Å². The van der Waals surface area contributed by atoms with Crippen molar-refractivity contribution in [3.8, 4) is 17.6 Å². The Morgan fingerprint density at radius 2 is 1.97 bits per heavy atom. The lowest BCUT2D eigenvalue weighted by Gasteiger charge is -2.37. The summed E-state index contributed by atoms with van der Waals surface area (Å²) in [7, 11) is 1.79. The molecule has 0 aromatic heterocycles. The maximum absolute atomic E-state index is 14.0. The third kappa shape index (κ3) is 4.17. The molecule has 2 aromatic carbocycles. The van der Waals surface area contributed by atoms with Gasteiger partial charge in [0.25, 0.3) is 0 Å². The minimum Gasteiger partial charge on any atom is -0.490 e. The first-order chi connectivity index (χ1) is 16.0. The summed E-state index contributed by atoms with van der Waals surface area (Å²) in [6, 6.07) is 14.0. The number of nitrogens with two attached hydrogens (primary N) is 1. The number of rotatable bonds is 6. The van der Waals surface area contributed by atoms with Gasteiger partial charge in [-0.25, -0.2) is 4.39 Å². The predicted octanol–water partition coefficient (Wildman–Crippen LogP) is 4.53. The van der Waals surface area contributed by atoms with E-state index < -0.39 is 5.92 Å². The van der Waals surface area contributed by atoms with E-state index in [1.54, 1.807) is 42.3 Å². The molecule has 0 unspecified atom stereocenters. The number of hydrogen-bond acceptors (Lipinski definition) is 6. The Hall–Kier alpha value is -3.79. The largest absolute Gasteiger partial charge is 0.490 e. The van der Waals surface area contributed by atoms with Gasteiger partial charge in [-0.3, -0.25) is 4.79 Å². The lowest BCUT2D eigenvalue weighted by atomic mass is 9.76. The van der Waals surface area contributed by atoms with Crippen molar-refractivity contribution in [2.75, 3.05) is 13.7 Å². The summed E-state index contributed by atoms with van der Waals surface area (Å²) >= 11 is 0. The second-order valence-electron chi connectivity index (χ2n) is 8.06. The van der Waals surface area contributed by atoms with Gasteiger partial charge in [0.15, 0.2) is 17.3 Å². The molecule has 170 valence electrons. The highest BCUT2D eigenvalue weighted by atomic mass is 19.1. The van der Waals surface area contributed by atoms with Crippen LogP contribution in [-0.4, -0.2) is 24.3 Å². The number of ketones is 1. The summed E-state index contributed by atoms with van der Waals surface area (Å²) in [4.78, 5) is 14.7. The van der Waals surface area contributed by atoms with E-state index in [9.17, 15) is 14.4 Å². The number of hydrogen-bond donors (Lipinski definition) is 1. The third-order valence-corrected chi connectivity index (χ3v) is 6.11. The molecule has 2 N–H and O–H groups in total. The molecule has 0 fully saturated rings. The van der Waals surface area contributed by atoms with Crippen LogP contribution in [0.1, 0.15) is 43.2 Å². The van der Waals surface area contributed by atoms with Gasteiger partial charge in [0.1, 0.15) is 18.2 Å². The average Bonchev–Trinajstić information content (AvgIpc) is 2.82. The SMILES string of the molecule is CCOc1cc([C@H]2C(C#N)=C(N)N(C)C3=C2C(=O)CCC3)ccc1OCc1ccccc1F. The van der Waals surface area contributed by atoms with Crippen LogP contribution in [0.3, 0.4) is 0 Å². The van der Waals surface area contributed by atoms with E-state index in [4.69, 9.17) is 15.2 Å². The van der Waals surface area contributed by atoms with Crippen molar-refractivity contribution in [3.05, 3.63) is 82.1 Å². The smallest absolute Gasteiger partial charge is 0.161 e. The van der Waals surface area contributed by atoms with Crippen molar-refractivity contribution < 1.29 is 18.7 Å². The molecule has 0 saturated heterocycles. The number of nitrogens with zero attached hydrogens (tertiary/aromatic N) is 2. The molecule has 0 amide bonds. The van der Waals surface area contributed by atoms with Crippen molar-refractivity contribution >= 4 is 5.78 Å². The van der Waals surface area contributed by atoms with E-state index in [0.29, 0.717) is 47.1 Å². The molecule has 1 atom stereocenters. The number of ether oxygens (including phenoxy) is 2.